The zero-order chi connectivity index (χ0) is 14.5. The molecule has 0 fully saturated rings. The van der Waals surface area contributed by atoms with Crippen molar-refractivity contribution in [1.82, 2.24) is 9.97 Å². The van der Waals surface area contributed by atoms with E-state index in [-0.39, 0.29) is 0 Å². The molecule has 0 aliphatic rings. The number of benzene rings is 1. The van der Waals surface area contributed by atoms with Crippen LogP contribution in [-0.2, 0) is 0 Å². The van der Waals surface area contributed by atoms with Crippen molar-refractivity contribution in [2.75, 3.05) is 5.32 Å². The first kappa shape index (κ1) is 13.7. The molecule has 2 rings (SSSR count). The molecule has 5 heteroatoms. The molecular formula is C15H17N5. The highest BCUT2D eigenvalue weighted by atomic mass is 15.0. The Balaban J connectivity index is 2.20. The lowest BCUT2D eigenvalue weighted by molar-refractivity contribution is 1.04. The first-order chi connectivity index (χ1) is 9.58. The second-order valence-corrected chi connectivity index (χ2v) is 4.42. The molecule has 0 atom stereocenters. The van der Waals surface area contributed by atoms with Crippen LogP contribution < -0.4 is 11.1 Å². The number of aryl methyl sites for hydroxylation is 1. The number of para-hydroxylation sites is 1. The topological polar surface area (TPSA) is 87.7 Å². The van der Waals surface area contributed by atoms with Gasteiger partial charge in [-0.25, -0.2) is 9.97 Å². The lowest BCUT2D eigenvalue weighted by atomic mass is 10.1. The maximum Gasteiger partial charge on any atom is 0.125 e. The summed E-state index contributed by atoms with van der Waals surface area (Å²) in [7, 11) is 0. The molecule has 20 heavy (non-hydrogen) atoms. The van der Waals surface area contributed by atoms with Crippen molar-refractivity contribution in [3.8, 4) is 0 Å². The van der Waals surface area contributed by atoms with Crippen LogP contribution in [0.4, 0.5) is 5.69 Å². The summed E-state index contributed by atoms with van der Waals surface area (Å²) in [5.41, 5.74) is 8.50. The minimum absolute atomic E-state index is 0.311. The van der Waals surface area contributed by atoms with E-state index in [9.17, 15) is 0 Å². The minimum Gasteiger partial charge on any atom is -0.385 e. The highest BCUT2D eigenvalue weighted by Gasteiger charge is 2.08. The lowest BCUT2D eigenvalue weighted by Crippen LogP contribution is -2.16. The normalized spacial score (nSPS) is 11.7. The Morgan fingerprint density at radius 1 is 1.15 bits per heavy atom. The zero-order valence-electron chi connectivity index (χ0n) is 11.5. The summed E-state index contributed by atoms with van der Waals surface area (Å²) >= 11 is 0. The number of nitrogens with two attached hydrogens (primary N) is 1. The van der Waals surface area contributed by atoms with E-state index in [4.69, 9.17) is 11.1 Å². The molecule has 0 spiro atoms. The molecule has 0 unspecified atom stereocenters. The van der Waals surface area contributed by atoms with Crippen molar-refractivity contribution in [3.63, 3.8) is 0 Å². The van der Waals surface area contributed by atoms with Gasteiger partial charge in [-0.05, 0) is 26.0 Å². The molecule has 0 saturated carbocycles. The largest absolute Gasteiger partial charge is 0.385 e. The molecule has 1 heterocycles. The van der Waals surface area contributed by atoms with Crippen LogP contribution in [0, 0.1) is 12.3 Å². The summed E-state index contributed by atoms with van der Waals surface area (Å²) in [4.78, 5) is 8.18. The van der Waals surface area contributed by atoms with Gasteiger partial charge in [-0.1, -0.05) is 18.2 Å². The average molecular weight is 267 g/mol. The predicted octanol–water partition coefficient (Wildman–Crippen LogP) is 2.46. The molecule has 0 saturated heterocycles. The van der Waals surface area contributed by atoms with Gasteiger partial charge in [0.2, 0.25) is 0 Å². The van der Waals surface area contributed by atoms with Gasteiger partial charge in [0.1, 0.15) is 11.6 Å². The Hall–Kier alpha value is -2.69. The van der Waals surface area contributed by atoms with Crippen molar-refractivity contribution >= 4 is 11.4 Å². The highest BCUT2D eigenvalue weighted by Crippen LogP contribution is 2.12. The molecule has 4 N–H and O–H groups in total. The Bertz CT molecular complexity index is 629. The second kappa shape index (κ2) is 5.97. The number of nitrogens with zero attached hydrogens (tertiary/aromatic N) is 2. The van der Waals surface area contributed by atoms with E-state index in [0.717, 1.165) is 5.69 Å². The van der Waals surface area contributed by atoms with Gasteiger partial charge < -0.3 is 11.1 Å². The molecule has 0 bridgehead atoms. The summed E-state index contributed by atoms with van der Waals surface area (Å²) in [6.07, 6.45) is 3.26. The van der Waals surface area contributed by atoms with E-state index in [0.29, 0.717) is 28.5 Å². The van der Waals surface area contributed by atoms with Crippen LogP contribution in [-0.4, -0.2) is 15.7 Å². The van der Waals surface area contributed by atoms with E-state index in [1.807, 2.05) is 30.3 Å². The number of anilines is 1. The fourth-order valence-corrected chi connectivity index (χ4v) is 1.64. The number of nitrogens with one attached hydrogen (secondary N) is 2. The molecule has 2 aromatic rings. The maximum atomic E-state index is 8.14. The van der Waals surface area contributed by atoms with Gasteiger partial charge >= 0.3 is 0 Å². The molecule has 1 aromatic heterocycles. The SMILES string of the molecule is C/C(C(=N)c1cnc(C)nc1)=C(\N)Nc1ccccc1. The molecule has 0 amide bonds. The molecular weight excluding hydrogens is 250 g/mol. The van der Waals surface area contributed by atoms with E-state index in [2.05, 4.69) is 15.3 Å². The molecule has 0 aliphatic carbocycles. The smallest absolute Gasteiger partial charge is 0.125 e. The van der Waals surface area contributed by atoms with Crippen LogP contribution in [0.3, 0.4) is 0 Å². The predicted molar refractivity (Wildman–Crippen MR) is 80.5 cm³/mol. The van der Waals surface area contributed by atoms with Crippen LogP contribution in [0.2, 0.25) is 0 Å². The van der Waals surface area contributed by atoms with E-state index >= 15 is 0 Å². The Morgan fingerprint density at radius 2 is 1.75 bits per heavy atom. The Kier molecular flexibility index (Phi) is 4.10. The average Bonchev–Trinajstić information content (AvgIpc) is 2.47. The number of rotatable bonds is 4. The maximum absolute atomic E-state index is 8.14. The number of hydrogen-bond donors (Lipinski definition) is 3. The first-order valence-electron chi connectivity index (χ1n) is 6.24. The number of allylic oxidation sites excluding steroid dienone is 1. The highest BCUT2D eigenvalue weighted by molar-refractivity contribution is 6.10. The Labute approximate surface area is 118 Å². The van der Waals surface area contributed by atoms with Crippen LogP contribution in [0.1, 0.15) is 18.3 Å². The van der Waals surface area contributed by atoms with Crippen molar-refractivity contribution in [2.24, 2.45) is 5.73 Å². The van der Waals surface area contributed by atoms with Crippen LogP contribution in [0.25, 0.3) is 0 Å². The second-order valence-electron chi connectivity index (χ2n) is 4.42. The van der Waals surface area contributed by atoms with E-state index in [1.165, 1.54) is 0 Å². The van der Waals surface area contributed by atoms with Crippen molar-refractivity contribution in [3.05, 3.63) is 65.5 Å². The fourth-order valence-electron chi connectivity index (χ4n) is 1.64. The van der Waals surface area contributed by atoms with Gasteiger partial charge in [0.05, 0.1) is 5.71 Å². The lowest BCUT2D eigenvalue weighted by Gasteiger charge is -2.11. The minimum atomic E-state index is 0.311. The van der Waals surface area contributed by atoms with Gasteiger partial charge in [0.25, 0.3) is 0 Å². The van der Waals surface area contributed by atoms with Crippen LogP contribution >= 0.6 is 0 Å². The quantitative estimate of drug-likeness (QED) is 0.742. The molecule has 0 radical (unpaired) electrons. The van der Waals surface area contributed by atoms with Crippen molar-refractivity contribution < 1.29 is 0 Å². The third-order valence-electron chi connectivity index (χ3n) is 2.90. The van der Waals surface area contributed by atoms with Crippen LogP contribution in [0.15, 0.2) is 54.1 Å². The third-order valence-corrected chi connectivity index (χ3v) is 2.90. The van der Waals surface area contributed by atoms with Gasteiger partial charge in [0, 0.05) is 29.2 Å². The van der Waals surface area contributed by atoms with Crippen LogP contribution in [0.5, 0.6) is 0 Å². The first-order valence-corrected chi connectivity index (χ1v) is 6.24. The molecule has 0 aliphatic heterocycles. The molecule has 5 nitrogen and oxygen atoms in total. The summed E-state index contributed by atoms with van der Waals surface area (Å²) in [5, 5.41) is 11.2. The van der Waals surface area contributed by atoms with E-state index < -0.39 is 0 Å². The fraction of sp³-hybridized carbons (Fsp3) is 0.133. The summed E-state index contributed by atoms with van der Waals surface area (Å²) in [6, 6.07) is 9.61. The standard InChI is InChI=1S/C15H17N5/c1-10(14(16)12-8-18-11(2)19-9-12)15(17)20-13-6-4-3-5-7-13/h3-9,16,20H,17H2,1-2H3/b15-10-,16-14?. The number of aromatic nitrogens is 2. The molecule has 102 valence electrons. The Morgan fingerprint density at radius 3 is 2.35 bits per heavy atom. The van der Waals surface area contributed by atoms with Gasteiger partial charge in [-0.3, -0.25) is 5.41 Å². The van der Waals surface area contributed by atoms with Gasteiger partial charge in [0.15, 0.2) is 0 Å². The van der Waals surface area contributed by atoms with Gasteiger partial charge in [-0.2, -0.15) is 0 Å². The van der Waals surface area contributed by atoms with Gasteiger partial charge in [-0.15, -0.1) is 0 Å². The number of hydrogen-bond acceptors (Lipinski definition) is 5. The van der Waals surface area contributed by atoms with Crippen molar-refractivity contribution in [2.45, 2.75) is 13.8 Å². The zero-order valence-corrected chi connectivity index (χ0v) is 11.5. The summed E-state index contributed by atoms with van der Waals surface area (Å²) < 4.78 is 0. The summed E-state index contributed by atoms with van der Waals surface area (Å²) in [5.74, 6) is 1.13. The third kappa shape index (κ3) is 3.20. The van der Waals surface area contributed by atoms with E-state index in [1.54, 1.807) is 26.2 Å². The molecule has 1 aromatic carbocycles. The van der Waals surface area contributed by atoms with Crippen molar-refractivity contribution in [1.29, 1.82) is 5.41 Å². The monoisotopic (exact) mass is 267 g/mol. The summed E-state index contributed by atoms with van der Waals surface area (Å²) in [6.45, 7) is 3.61.